The van der Waals surface area contributed by atoms with Gasteiger partial charge in [-0.05, 0) is 19.4 Å². The number of para-hydroxylation sites is 1. The molecular formula is C13H18FNO2. The van der Waals surface area contributed by atoms with Gasteiger partial charge < -0.3 is 15.2 Å². The van der Waals surface area contributed by atoms with E-state index < -0.39 is 0 Å². The highest BCUT2D eigenvalue weighted by atomic mass is 19.1. The molecule has 17 heavy (non-hydrogen) atoms. The molecule has 3 nitrogen and oxygen atoms in total. The van der Waals surface area contributed by atoms with Crippen LogP contribution >= 0.6 is 0 Å². The highest BCUT2D eigenvalue weighted by Gasteiger charge is 2.19. The van der Waals surface area contributed by atoms with Crippen molar-refractivity contribution in [1.29, 1.82) is 0 Å². The Labute approximate surface area is 101 Å². The van der Waals surface area contributed by atoms with Crippen molar-refractivity contribution >= 4 is 0 Å². The molecule has 1 unspecified atom stereocenters. The zero-order valence-corrected chi connectivity index (χ0v) is 9.99. The SMILES string of the molecule is C[C@H](N)c1cccc(F)c1OCC1CCOC1. The van der Waals surface area contributed by atoms with Crippen molar-refractivity contribution in [1.82, 2.24) is 0 Å². The third-order valence-corrected chi connectivity index (χ3v) is 2.98. The van der Waals surface area contributed by atoms with Crippen LogP contribution in [-0.4, -0.2) is 19.8 Å². The molecule has 2 rings (SSSR count). The van der Waals surface area contributed by atoms with E-state index in [1.165, 1.54) is 6.07 Å². The van der Waals surface area contributed by atoms with Gasteiger partial charge in [-0.15, -0.1) is 0 Å². The molecule has 1 aliphatic rings. The van der Waals surface area contributed by atoms with E-state index in [1.54, 1.807) is 12.1 Å². The third kappa shape index (κ3) is 2.96. The standard InChI is InChI=1S/C13H18FNO2/c1-9(15)11-3-2-4-12(14)13(11)17-8-10-5-6-16-7-10/h2-4,9-10H,5-8,15H2,1H3/t9-,10?/m0/s1. The Balaban J connectivity index is 2.07. The molecule has 1 aromatic rings. The Kier molecular flexibility index (Phi) is 3.97. The number of nitrogens with two attached hydrogens (primary N) is 1. The van der Waals surface area contributed by atoms with Gasteiger partial charge >= 0.3 is 0 Å². The van der Waals surface area contributed by atoms with Gasteiger partial charge in [0.1, 0.15) is 0 Å². The minimum absolute atomic E-state index is 0.236. The summed E-state index contributed by atoms with van der Waals surface area (Å²) in [6.45, 7) is 3.77. The number of halogens is 1. The molecule has 2 atom stereocenters. The lowest BCUT2D eigenvalue weighted by atomic mass is 10.1. The highest BCUT2D eigenvalue weighted by molar-refractivity contribution is 5.36. The Morgan fingerprint density at radius 2 is 2.41 bits per heavy atom. The van der Waals surface area contributed by atoms with Gasteiger partial charge in [0.05, 0.1) is 13.2 Å². The number of benzene rings is 1. The summed E-state index contributed by atoms with van der Waals surface area (Å²) < 4.78 is 24.5. The van der Waals surface area contributed by atoms with Gasteiger partial charge in [-0.3, -0.25) is 0 Å². The van der Waals surface area contributed by atoms with E-state index in [2.05, 4.69) is 0 Å². The maximum Gasteiger partial charge on any atom is 0.165 e. The summed E-state index contributed by atoms with van der Waals surface area (Å²) in [4.78, 5) is 0. The van der Waals surface area contributed by atoms with Gasteiger partial charge in [0.2, 0.25) is 0 Å². The van der Waals surface area contributed by atoms with Gasteiger partial charge in [-0.2, -0.15) is 0 Å². The maximum absolute atomic E-state index is 13.7. The van der Waals surface area contributed by atoms with Crippen LogP contribution in [0.5, 0.6) is 5.75 Å². The van der Waals surface area contributed by atoms with Gasteiger partial charge in [0.15, 0.2) is 11.6 Å². The lowest BCUT2D eigenvalue weighted by Gasteiger charge is -2.16. The Hall–Kier alpha value is -1.13. The Morgan fingerprint density at radius 3 is 3.06 bits per heavy atom. The first-order chi connectivity index (χ1) is 8.18. The molecular weight excluding hydrogens is 221 g/mol. The lowest BCUT2D eigenvalue weighted by molar-refractivity contribution is 0.165. The largest absolute Gasteiger partial charge is 0.490 e. The predicted octanol–water partition coefficient (Wildman–Crippen LogP) is 2.26. The van der Waals surface area contributed by atoms with Crippen LogP contribution in [0.15, 0.2) is 18.2 Å². The fourth-order valence-corrected chi connectivity index (χ4v) is 1.95. The predicted molar refractivity (Wildman–Crippen MR) is 63.4 cm³/mol. The molecule has 94 valence electrons. The summed E-state index contributed by atoms with van der Waals surface area (Å²) in [6.07, 6.45) is 0.974. The molecule has 0 spiro atoms. The van der Waals surface area contributed by atoms with Crippen LogP contribution < -0.4 is 10.5 Å². The van der Waals surface area contributed by atoms with E-state index in [9.17, 15) is 4.39 Å². The van der Waals surface area contributed by atoms with Crippen LogP contribution in [0.25, 0.3) is 0 Å². The van der Waals surface area contributed by atoms with Crippen LogP contribution in [0.2, 0.25) is 0 Å². The summed E-state index contributed by atoms with van der Waals surface area (Å²) in [5, 5.41) is 0. The molecule has 2 N–H and O–H groups in total. The number of hydrogen-bond acceptors (Lipinski definition) is 3. The first-order valence-corrected chi connectivity index (χ1v) is 5.93. The third-order valence-electron chi connectivity index (χ3n) is 2.98. The van der Waals surface area contributed by atoms with E-state index in [1.807, 2.05) is 6.92 Å². The van der Waals surface area contributed by atoms with Gasteiger partial charge in [0, 0.05) is 24.1 Å². The average Bonchev–Trinajstić information content (AvgIpc) is 2.80. The molecule has 1 aromatic carbocycles. The zero-order valence-electron chi connectivity index (χ0n) is 9.99. The quantitative estimate of drug-likeness (QED) is 0.876. The van der Waals surface area contributed by atoms with Crippen molar-refractivity contribution in [3.8, 4) is 5.75 Å². The molecule has 0 saturated carbocycles. The normalized spacial score (nSPS) is 21.5. The van der Waals surface area contributed by atoms with Crippen LogP contribution in [0, 0.1) is 11.7 Å². The van der Waals surface area contributed by atoms with Crippen molar-refractivity contribution < 1.29 is 13.9 Å². The fraction of sp³-hybridized carbons (Fsp3) is 0.538. The Morgan fingerprint density at radius 1 is 1.59 bits per heavy atom. The van der Waals surface area contributed by atoms with E-state index in [0.29, 0.717) is 24.7 Å². The van der Waals surface area contributed by atoms with Crippen molar-refractivity contribution in [2.45, 2.75) is 19.4 Å². The van der Waals surface area contributed by atoms with Crippen molar-refractivity contribution in [3.63, 3.8) is 0 Å². The van der Waals surface area contributed by atoms with E-state index in [4.69, 9.17) is 15.2 Å². The van der Waals surface area contributed by atoms with E-state index in [0.717, 1.165) is 13.0 Å². The molecule has 0 aromatic heterocycles. The molecule has 4 heteroatoms. The van der Waals surface area contributed by atoms with Crippen LogP contribution in [0.3, 0.4) is 0 Å². The smallest absolute Gasteiger partial charge is 0.165 e. The first kappa shape index (κ1) is 12.3. The Bertz CT molecular complexity index is 376. The summed E-state index contributed by atoms with van der Waals surface area (Å²) in [5.74, 6) is 0.295. The molecule has 1 heterocycles. The lowest BCUT2D eigenvalue weighted by Crippen LogP contribution is -2.15. The average molecular weight is 239 g/mol. The molecule has 0 amide bonds. The number of ether oxygens (including phenoxy) is 2. The molecule has 0 bridgehead atoms. The second kappa shape index (κ2) is 5.47. The summed E-state index contributed by atoms with van der Waals surface area (Å²) in [7, 11) is 0. The monoisotopic (exact) mass is 239 g/mol. The van der Waals surface area contributed by atoms with Gasteiger partial charge in [-0.25, -0.2) is 4.39 Å². The van der Waals surface area contributed by atoms with Crippen LogP contribution in [0.4, 0.5) is 4.39 Å². The summed E-state index contributed by atoms with van der Waals surface area (Å²) in [5.41, 5.74) is 6.51. The number of hydrogen-bond donors (Lipinski definition) is 1. The topological polar surface area (TPSA) is 44.5 Å². The van der Waals surface area contributed by atoms with Crippen molar-refractivity contribution in [2.75, 3.05) is 19.8 Å². The number of rotatable bonds is 4. The first-order valence-electron chi connectivity index (χ1n) is 5.93. The minimum atomic E-state index is -0.348. The highest BCUT2D eigenvalue weighted by Crippen LogP contribution is 2.28. The maximum atomic E-state index is 13.7. The van der Waals surface area contributed by atoms with Gasteiger partial charge in [-0.1, -0.05) is 12.1 Å². The molecule has 0 radical (unpaired) electrons. The molecule has 1 saturated heterocycles. The molecule has 1 fully saturated rings. The van der Waals surface area contributed by atoms with Crippen LogP contribution in [-0.2, 0) is 4.74 Å². The minimum Gasteiger partial charge on any atom is -0.490 e. The van der Waals surface area contributed by atoms with Gasteiger partial charge in [0.25, 0.3) is 0 Å². The fourth-order valence-electron chi connectivity index (χ4n) is 1.95. The van der Waals surface area contributed by atoms with Crippen molar-refractivity contribution in [2.24, 2.45) is 11.7 Å². The summed E-state index contributed by atoms with van der Waals surface area (Å²) in [6, 6.07) is 4.61. The second-order valence-corrected chi connectivity index (χ2v) is 4.49. The summed E-state index contributed by atoms with van der Waals surface area (Å²) >= 11 is 0. The van der Waals surface area contributed by atoms with E-state index >= 15 is 0 Å². The van der Waals surface area contributed by atoms with Crippen LogP contribution in [0.1, 0.15) is 24.9 Å². The molecule has 0 aliphatic carbocycles. The molecule has 1 aliphatic heterocycles. The van der Waals surface area contributed by atoms with Crippen molar-refractivity contribution in [3.05, 3.63) is 29.6 Å². The van der Waals surface area contributed by atoms with E-state index in [-0.39, 0.29) is 17.6 Å². The zero-order chi connectivity index (χ0) is 12.3. The second-order valence-electron chi connectivity index (χ2n) is 4.49.